The molecule has 4 nitrogen and oxygen atoms in total. The second-order valence-corrected chi connectivity index (χ2v) is 5.36. The summed E-state index contributed by atoms with van der Waals surface area (Å²) in [6.07, 6.45) is 2.63. The highest BCUT2D eigenvalue weighted by Gasteiger charge is 2.16. The normalized spacial score (nSPS) is 21.6. The van der Waals surface area contributed by atoms with Gasteiger partial charge in [0.2, 0.25) is 5.13 Å². The third-order valence-corrected chi connectivity index (χ3v) is 3.73. The summed E-state index contributed by atoms with van der Waals surface area (Å²) < 4.78 is 0. The summed E-state index contributed by atoms with van der Waals surface area (Å²) in [6, 6.07) is 0. The van der Waals surface area contributed by atoms with Crippen molar-refractivity contribution in [1.82, 2.24) is 15.5 Å². The largest absolute Gasteiger partial charge is 0.349 e. The van der Waals surface area contributed by atoms with E-state index in [9.17, 15) is 0 Å². The van der Waals surface area contributed by atoms with Gasteiger partial charge in [0.1, 0.15) is 5.01 Å². The monoisotopic (exact) mass is 226 g/mol. The zero-order valence-electron chi connectivity index (χ0n) is 9.36. The molecule has 1 aliphatic rings. The summed E-state index contributed by atoms with van der Waals surface area (Å²) in [5.41, 5.74) is 0. The van der Waals surface area contributed by atoms with Gasteiger partial charge in [0.05, 0.1) is 0 Å². The SMILES string of the molecule is Cc1nnc(N(C)CC2CCCNC2)s1. The van der Waals surface area contributed by atoms with Gasteiger partial charge in [0.25, 0.3) is 0 Å². The maximum absolute atomic E-state index is 4.16. The summed E-state index contributed by atoms with van der Waals surface area (Å²) in [7, 11) is 2.11. The third kappa shape index (κ3) is 2.89. The quantitative estimate of drug-likeness (QED) is 0.843. The lowest BCUT2D eigenvalue weighted by Gasteiger charge is -2.27. The lowest BCUT2D eigenvalue weighted by atomic mass is 9.99. The number of rotatable bonds is 3. The number of aryl methyl sites for hydroxylation is 1. The van der Waals surface area contributed by atoms with Gasteiger partial charge in [0, 0.05) is 13.6 Å². The van der Waals surface area contributed by atoms with Crippen molar-refractivity contribution in [2.75, 3.05) is 31.6 Å². The molecule has 0 aliphatic carbocycles. The first-order chi connectivity index (χ1) is 7.25. The molecule has 0 spiro atoms. The molecule has 1 atom stereocenters. The molecule has 1 aromatic heterocycles. The minimum absolute atomic E-state index is 0.757. The molecule has 0 amide bonds. The van der Waals surface area contributed by atoms with E-state index in [1.807, 2.05) is 6.92 Å². The first-order valence-electron chi connectivity index (χ1n) is 5.47. The van der Waals surface area contributed by atoms with Crippen LogP contribution in [0.25, 0.3) is 0 Å². The molecule has 5 heteroatoms. The van der Waals surface area contributed by atoms with E-state index in [0.717, 1.165) is 29.1 Å². The van der Waals surface area contributed by atoms with Gasteiger partial charge in [-0.3, -0.25) is 0 Å². The summed E-state index contributed by atoms with van der Waals surface area (Å²) >= 11 is 1.67. The molecular weight excluding hydrogens is 208 g/mol. The average Bonchev–Trinajstić information content (AvgIpc) is 2.66. The summed E-state index contributed by atoms with van der Waals surface area (Å²) in [6.45, 7) is 5.40. The van der Waals surface area contributed by atoms with Crippen LogP contribution in [-0.2, 0) is 0 Å². The molecule has 2 heterocycles. The standard InChI is InChI=1S/C10H18N4S/c1-8-12-13-10(15-8)14(2)7-9-4-3-5-11-6-9/h9,11H,3-7H2,1-2H3. The summed E-state index contributed by atoms with van der Waals surface area (Å²) in [4.78, 5) is 2.22. The molecule has 1 aliphatic heterocycles. The Morgan fingerprint density at radius 1 is 1.53 bits per heavy atom. The minimum atomic E-state index is 0.757. The van der Waals surface area contributed by atoms with E-state index in [4.69, 9.17) is 0 Å². The molecule has 1 aromatic rings. The Bertz CT molecular complexity index is 306. The molecule has 15 heavy (non-hydrogen) atoms. The van der Waals surface area contributed by atoms with E-state index < -0.39 is 0 Å². The van der Waals surface area contributed by atoms with Crippen LogP contribution in [0.15, 0.2) is 0 Å². The number of aromatic nitrogens is 2. The van der Waals surface area contributed by atoms with Gasteiger partial charge in [-0.25, -0.2) is 0 Å². The Labute approximate surface area is 94.7 Å². The fourth-order valence-corrected chi connectivity index (χ4v) is 2.64. The summed E-state index contributed by atoms with van der Waals surface area (Å²) in [5.74, 6) is 0.757. The first-order valence-corrected chi connectivity index (χ1v) is 6.29. The highest BCUT2D eigenvalue weighted by Crippen LogP contribution is 2.20. The molecule has 1 fully saturated rings. The maximum Gasteiger partial charge on any atom is 0.208 e. The molecule has 1 unspecified atom stereocenters. The zero-order chi connectivity index (χ0) is 10.7. The molecular formula is C10H18N4S. The predicted octanol–water partition coefficient (Wildman–Crippen LogP) is 1.28. The van der Waals surface area contributed by atoms with Crippen molar-refractivity contribution < 1.29 is 0 Å². The highest BCUT2D eigenvalue weighted by atomic mass is 32.1. The van der Waals surface area contributed by atoms with Crippen molar-refractivity contribution in [2.24, 2.45) is 5.92 Å². The second-order valence-electron chi connectivity index (χ2n) is 4.20. The smallest absolute Gasteiger partial charge is 0.208 e. The molecule has 2 rings (SSSR count). The molecule has 0 bridgehead atoms. The van der Waals surface area contributed by atoms with Gasteiger partial charge >= 0.3 is 0 Å². The molecule has 1 saturated heterocycles. The third-order valence-electron chi connectivity index (χ3n) is 2.77. The molecule has 84 valence electrons. The van der Waals surface area contributed by atoms with Crippen LogP contribution >= 0.6 is 11.3 Å². The van der Waals surface area contributed by atoms with E-state index >= 15 is 0 Å². The molecule has 0 aromatic carbocycles. The Kier molecular flexibility index (Phi) is 3.53. The van der Waals surface area contributed by atoms with Crippen molar-refractivity contribution >= 4 is 16.5 Å². The number of hydrogen-bond donors (Lipinski definition) is 1. The lowest BCUT2D eigenvalue weighted by molar-refractivity contribution is 0.381. The van der Waals surface area contributed by atoms with Crippen LogP contribution in [0.3, 0.4) is 0 Å². The number of piperidine rings is 1. The van der Waals surface area contributed by atoms with E-state index in [0.29, 0.717) is 0 Å². The summed E-state index contributed by atoms with van der Waals surface area (Å²) in [5, 5.41) is 13.7. The van der Waals surface area contributed by atoms with E-state index in [1.54, 1.807) is 11.3 Å². The van der Waals surface area contributed by atoms with Crippen LogP contribution < -0.4 is 10.2 Å². The van der Waals surface area contributed by atoms with Gasteiger partial charge in [-0.1, -0.05) is 11.3 Å². The fraction of sp³-hybridized carbons (Fsp3) is 0.800. The Balaban J connectivity index is 1.88. The van der Waals surface area contributed by atoms with Crippen LogP contribution in [0.2, 0.25) is 0 Å². The van der Waals surface area contributed by atoms with Crippen molar-refractivity contribution in [2.45, 2.75) is 19.8 Å². The van der Waals surface area contributed by atoms with Crippen LogP contribution in [0.5, 0.6) is 0 Å². The minimum Gasteiger partial charge on any atom is -0.349 e. The number of anilines is 1. The van der Waals surface area contributed by atoms with Crippen molar-refractivity contribution in [1.29, 1.82) is 0 Å². The predicted molar refractivity (Wildman–Crippen MR) is 63.5 cm³/mol. The number of nitrogens with zero attached hydrogens (tertiary/aromatic N) is 3. The lowest BCUT2D eigenvalue weighted by Crippen LogP contribution is -2.36. The van der Waals surface area contributed by atoms with Crippen LogP contribution in [0.4, 0.5) is 5.13 Å². The molecule has 1 N–H and O–H groups in total. The van der Waals surface area contributed by atoms with Gasteiger partial charge in [-0.05, 0) is 38.8 Å². The van der Waals surface area contributed by atoms with Gasteiger partial charge < -0.3 is 10.2 Å². The number of hydrogen-bond acceptors (Lipinski definition) is 5. The van der Waals surface area contributed by atoms with Crippen molar-refractivity contribution in [3.8, 4) is 0 Å². The maximum atomic E-state index is 4.16. The van der Waals surface area contributed by atoms with Crippen molar-refractivity contribution in [3.63, 3.8) is 0 Å². The van der Waals surface area contributed by atoms with Crippen LogP contribution in [0, 0.1) is 12.8 Å². The molecule has 0 saturated carbocycles. The topological polar surface area (TPSA) is 41.1 Å². The van der Waals surface area contributed by atoms with Crippen molar-refractivity contribution in [3.05, 3.63) is 5.01 Å². The fourth-order valence-electron chi connectivity index (χ4n) is 1.99. The van der Waals surface area contributed by atoms with Gasteiger partial charge in [-0.15, -0.1) is 10.2 Å². The van der Waals surface area contributed by atoms with Crippen LogP contribution in [0.1, 0.15) is 17.8 Å². The zero-order valence-corrected chi connectivity index (χ0v) is 10.2. The highest BCUT2D eigenvalue weighted by molar-refractivity contribution is 7.15. The first kappa shape index (κ1) is 10.8. The Morgan fingerprint density at radius 3 is 3.00 bits per heavy atom. The Hall–Kier alpha value is -0.680. The van der Waals surface area contributed by atoms with Gasteiger partial charge in [-0.2, -0.15) is 0 Å². The number of nitrogens with one attached hydrogen (secondary N) is 1. The van der Waals surface area contributed by atoms with E-state index in [-0.39, 0.29) is 0 Å². The average molecular weight is 226 g/mol. The molecule has 0 radical (unpaired) electrons. The van der Waals surface area contributed by atoms with Gasteiger partial charge in [0.15, 0.2) is 0 Å². The van der Waals surface area contributed by atoms with E-state index in [2.05, 4.69) is 27.5 Å². The second kappa shape index (κ2) is 4.90. The van der Waals surface area contributed by atoms with E-state index in [1.165, 1.54) is 19.4 Å². The Morgan fingerprint density at radius 2 is 2.40 bits per heavy atom. The van der Waals surface area contributed by atoms with Crippen LogP contribution in [-0.4, -0.2) is 36.9 Å².